The van der Waals surface area contributed by atoms with Crippen LogP contribution in [0.5, 0.6) is 0 Å². The zero-order valence-corrected chi connectivity index (χ0v) is 10.3. The molecule has 0 bridgehead atoms. The van der Waals surface area contributed by atoms with E-state index >= 15 is 0 Å². The minimum atomic E-state index is -0.295. The van der Waals surface area contributed by atoms with E-state index in [0.717, 1.165) is 25.7 Å². The lowest BCUT2D eigenvalue weighted by atomic mass is 10.0. The molecule has 0 aromatic carbocycles. The van der Waals surface area contributed by atoms with Crippen LogP contribution in [-0.2, 0) is 0 Å². The van der Waals surface area contributed by atoms with E-state index in [4.69, 9.17) is 10.4 Å². The molecule has 0 spiro atoms. The summed E-state index contributed by atoms with van der Waals surface area (Å²) in [5, 5.41) is 22.1. The highest BCUT2D eigenvalue weighted by Gasteiger charge is 2.38. The molecule has 1 rings (SSSR count). The van der Waals surface area contributed by atoms with Crippen molar-refractivity contribution in [2.45, 2.75) is 48.6 Å². The van der Waals surface area contributed by atoms with Crippen LogP contribution in [0.3, 0.4) is 0 Å². The highest BCUT2D eigenvalue weighted by atomic mass is 32.2. The molecule has 15 heavy (non-hydrogen) atoms. The Labute approximate surface area is 96.2 Å². The molecule has 1 aliphatic rings. The number of thioether (sulfide) groups is 1. The summed E-state index contributed by atoms with van der Waals surface area (Å²) in [6.07, 6.45) is 3.83. The highest BCUT2D eigenvalue weighted by molar-refractivity contribution is 8.00. The molecule has 2 N–H and O–H groups in total. The number of nitrogens with zero attached hydrogens (tertiary/aromatic N) is 1. The van der Waals surface area contributed by atoms with Gasteiger partial charge in [-0.3, -0.25) is 0 Å². The SMILES string of the molecule is CNC1(C#N)CCC(SC(C)CCO)C1. The Kier molecular flexibility index (Phi) is 4.91. The molecular weight excluding hydrogens is 208 g/mol. The quantitative estimate of drug-likeness (QED) is 0.749. The topological polar surface area (TPSA) is 56.0 Å². The van der Waals surface area contributed by atoms with Crippen LogP contribution in [0, 0.1) is 11.3 Å². The van der Waals surface area contributed by atoms with Crippen molar-refractivity contribution in [1.82, 2.24) is 5.32 Å². The van der Waals surface area contributed by atoms with Gasteiger partial charge in [0, 0.05) is 17.1 Å². The Morgan fingerprint density at radius 2 is 2.47 bits per heavy atom. The van der Waals surface area contributed by atoms with Crippen molar-refractivity contribution in [3.63, 3.8) is 0 Å². The Morgan fingerprint density at radius 3 is 2.93 bits per heavy atom. The van der Waals surface area contributed by atoms with Crippen LogP contribution in [0.25, 0.3) is 0 Å². The maximum Gasteiger partial charge on any atom is 0.107 e. The summed E-state index contributed by atoms with van der Waals surface area (Å²) in [4.78, 5) is 0. The average molecular weight is 228 g/mol. The van der Waals surface area contributed by atoms with Crippen LogP contribution in [0.15, 0.2) is 0 Å². The molecule has 0 amide bonds. The number of nitriles is 1. The molecule has 3 nitrogen and oxygen atoms in total. The Balaban J connectivity index is 2.40. The van der Waals surface area contributed by atoms with Crippen molar-refractivity contribution in [1.29, 1.82) is 5.26 Å². The van der Waals surface area contributed by atoms with Crippen molar-refractivity contribution < 1.29 is 5.11 Å². The lowest BCUT2D eigenvalue weighted by Gasteiger charge is -2.20. The molecule has 1 fully saturated rings. The van der Waals surface area contributed by atoms with Gasteiger partial charge < -0.3 is 10.4 Å². The number of aliphatic hydroxyl groups excluding tert-OH is 1. The summed E-state index contributed by atoms with van der Waals surface area (Å²) in [5.74, 6) is 0. The fraction of sp³-hybridized carbons (Fsp3) is 0.909. The lowest BCUT2D eigenvalue weighted by Crippen LogP contribution is -2.38. The summed E-state index contributed by atoms with van der Waals surface area (Å²) in [6.45, 7) is 2.41. The Bertz CT molecular complexity index is 241. The average Bonchev–Trinajstić information content (AvgIpc) is 2.63. The fourth-order valence-corrected chi connectivity index (χ4v) is 3.61. The van der Waals surface area contributed by atoms with Crippen molar-refractivity contribution in [2.24, 2.45) is 0 Å². The maximum absolute atomic E-state index is 9.11. The Hall–Kier alpha value is -0.240. The van der Waals surface area contributed by atoms with Gasteiger partial charge in [0.15, 0.2) is 0 Å². The van der Waals surface area contributed by atoms with E-state index in [2.05, 4.69) is 18.3 Å². The molecule has 86 valence electrons. The zero-order valence-electron chi connectivity index (χ0n) is 9.49. The summed E-state index contributed by atoms with van der Waals surface area (Å²) in [7, 11) is 1.87. The summed E-state index contributed by atoms with van der Waals surface area (Å²) in [6, 6.07) is 2.39. The van der Waals surface area contributed by atoms with Crippen molar-refractivity contribution in [3.05, 3.63) is 0 Å². The van der Waals surface area contributed by atoms with Crippen LogP contribution in [0.1, 0.15) is 32.6 Å². The maximum atomic E-state index is 9.11. The van der Waals surface area contributed by atoms with Crippen LogP contribution in [-0.4, -0.2) is 34.8 Å². The van der Waals surface area contributed by atoms with E-state index < -0.39 is 0 Å². The normalized spacial score (nSPS) is 32.5. The van der Waals surface area contributed by atoms with E-state index in [1.807, 2.05) is 18.8 Å². The number of nitrogens with one attached hydrogen (secondary N) is 1. The van der Waals surface area contributed by atoms with Crippen molar-refractivity contribution in [3.8, 4) is 6.07 Å². The standard InChI is InChI=1S/C11H20N2OS/c1-9(4-6-14)15-10-3-5-11(7-10,8-12)13-2/h9-10,13-14H,3-7H2,1-2H3. The minimum absolute atomic E-state index is 0.260. The largest absolute Gasteiger partial charge is 0.396 e. The first kappa shape index (κ1) is 12.8. The molecule has 0 aromatic rings. The fourth-order valence-electron chi connectivity index (χ4n) is 2.08. The van der Waals surface area contributed by atoms with Crippen molar-refractivity contribution >= 4 is 11.8 Å². The van der Waals surface area contributed by atoms with E-state index in [1.54, 1.807) is 0 Å². The van der Waals surface area contributed by atoms with Crippen LogP contribution in [0.2, 0.25) is 0 Å². The van der Waals surface area contributed by atoms with Gasteiger partial charge in [0.25, 0.3) is 0 Å². The Morgan fingerprint density at radius 1 is 1.73 bits per heavy atom. The molecule has 0 heterocycles. The smallest absolute Gasteiger partial charge is 0.107 e. The summed E-state index contributed by atoms with van der Waals surface area (Å²) in [5.41, 5.74) is -0.295. The number of hydrogen-bond donors (Lipinski definition) is 2. The second-order valence-electron chi connectivity index (χ2n) is 4.27. The highest BCUT2D eigenvalue weighted by Crippen LogP contribution is 2.38. The first-order chi connectivity index (χ1) is 7.15. The van der Waals surface area contributed by atoms with Gasteiger partial charge in [-0.1, -0.05) is 6.92 Å². The van der Waals surface area contributed by atoms with Gasteiger partial charge in [-0.2, -0.15) is 17.0 Å². The van der Waals surface area contributed by atoms with E-state index in [-0.39, 0.29) is 12.1 Å². The molecule has 3 unspecified atom stereocenters. The summed E-state index contributed by atoms with van der Waals surface area (Å²) < 4.78 is 0. The zero-order chi connectivity index (χ0) is 11.3. The number of aliphatic hydroxyl groups is 1. The predicted molar refractivity (Wildman–Crippen MR) is 63.8 cm³/mol. The van der Waals surface area contributed by atoms with Crippen LogP contribution >= 0.6 is 11.8 Å². The minimum Gasteiger partial charge on any atom is -0.396 e. The van der Waals surface area contributed by atoms with Gasteiger partial charge >= 0.3 is 0 Å². The van der Waals surface area contributed by atoms with Crippen LogP contribution in [0.4, 0.5) is 0 Å². The molecular formula is C11H20N2OS. The third-order valence-electron chi connectivity index (χ3n) is 3.12. The van der Waals surface area contributed by atoms with Gasteiger partial charge in [-0.25, -0.2) is 0 Å². The number of rotatable bonds is 5. The second-order valence-corrected chi connectivity index (χ2v) is 6.01. The first-order valence-corrected chi connectivity index (χ1v) is 6.46. The van der Waals surface area contributed by atoms with E-state index in [0.29, 0.717) is 10.5 Å². The first-order valence-electron chi connectivity index (χ1n) is 5.52. The summed E-state index contributed by atoms with van der Waals surface area (Å²) >= 11 is 1.91. The molecule has 4 heteroatoms. The predicted octanol–water partition coefficient (Wildman–Crippen LogP) is 1.52. The molecule has 1 aliphatic carbocycles. The van der Waals surface area contributed by atoms with E-state index in [9.17, 15) is 0 Å². The molecule has 0 aromatic heterocycles. The van der Waals surface area contributed by atoms with Crippen molar-refractivity contribution in [2.75, 3.05) is 13.7 Å². The third-order valence-corrected chi connectivity index (χ3v) is 4.61. The third kappa shape index (κ3) is 3.37. The monoisotopic (exact) mass is 228 g/mol. The molecule has 0 saturated heterocycles. The second kappa shape index (κ2) is 5.74. The number of hydrogen-bond acceptors (Lipinski definition) is 4. The van der Waals surface area contributed by atoms with Gasteiger partial charge in [0.2, 0.25) is 0 Å². The molecule has 3 atom stereocenters. The van der Waals surface area contributed by atoms with Gasteiger partial charge in [0.1, 0.15) is 5.54 Å². The van der Waals surface area contributed by atoms with Gasteiger partial charge in [-0.15, -0.1) is 0 Å². The van der Waals surface area contributed by atoms with Gasteiger partial charge in [-0.05, 0) is 32.7 Å². The van der Waals surface area contributed by atoms with Crippen LogP contribution < -0.4 is 5.32 Å². The van der Waals surface area contributed by atoms with Gasteiger partial charge in [0.05, 0.1) is 6.07 Å². The van der Waals surface area contributed by atoms with E-state index in [1.165, 1.54) is 0 Å². The molecule has 0 aliphatic heterocycles. The lowest BCUT2D eigenvalue weighted by molar-refractivity contribution is 0.289. The molecule has 1 saturated carbocycles. The molecule has 0 radical (unpaired) electrons.